The molecule has 0 fully saturated rings. The molecule has 134 valence electrons. The fourth-order valence-electron chi connectivity index (χ4n) is 2.54. The van der Waals surface area contributed by atoms with Crippen LogP contribution >= 0.6 is 0 Å². The van der Waals surface area contributed by atoms with Crippen LogP contribution in [-0.2, 0) is 15.1 Å². The first-order valence-electron chi connectivity index (χ1n) is 8.60. The van der Waals surface area contributed by atoms with Crippen molar-refractivity contribution in [2.75, 3.05) is 20.2 Å². The minimum absolute atomic E-state index is 0.0710. The van der Waals surface area contributed by atoms with Gasteiger partial charge in [-0.05, 0) is 31.9 Å². The predicted molar refractivity (Wildman–Crippen MR) is 98.3 cm³/mol. The molecular weight excluding hydrogens is 314 g/mol. The van der Waals surface area contributed by atoms with Crippen LogP contribution in [0.1, 0.15) is 31.9 Å². The van der Waals surface area contributed by atoms with E-state index in [9.17, 15) is 9.90 Å². The van der Waals surface area contributed by atoms with Gasteiger partial charge in [-0.15, -0.1) is 0 Å². The third-order valence-corrected chi connectivity index (χ3v) is 4.67. The number of hydrogen-bond donors (Lipinski definition) is 2. The van der Waals surface area contributed by atoms with Crippen molar-refractivity contribution in [3.8, 4) is 0 Å². The Bertz CT molecular complexity index is 638. The first-order valence-corrected chi connectivity index (χ1v) is 8.60. The predicted octanol–water partition coefficient (Wildman–Crippen LogP) is 1.78. The minimum atomic E-state index is -1.81. The first kappa shape index (κ1) is 19.2. The van der Waals surface area contributed by atoms with Crippen LogP contribution in [0.4, 0.5) is 0 Å². The Morgan fingerprint density at radius 3 is 1.80 bits per heavy atom. The normalized spacial score (nSPS) is 13.3. The Morgan fingerprint density at radius 1 is 0.960 bits per heavy atom. The molecule has 0 aliphatic carbocycles. The summed E-state index contributed by atoms with van der Waals surface area (Å²) in [5.41, 5.74) is -0.731. The van der Waals surface area contributed by atoms with Crippen molar-refractivity contribution in [1.29, 1.82) is 0 Å². The van der Waals surface area contributed by atoms with Gasteiger partial charge in [-0.1, -0.05) is 60.7 Å². The number of quaternary nitrogens is 1. The van der Waals surface area contributed by atoms with Crippen molar-refractivity contribution >= 4 is 5.97 Å². The monoisotopic (exact) mass is 342 g/mol. The van der Waals surface area contributed by atoms with Gasteiger partial charge in [-0.3, -0.25) is 0 Å². The molecule has 2 rings (SSSR count). The molecule has 0 aliphatic rings. The van der Waals surface area contributed by atoms with E-state index in [4.69, 9.17) is 4.74 Å². The number of carbonyl (C=O) groups excluding carboxylic acids is 1. The summed E-state index contributed by atoms with van der Waals surface area (Å²) in [4.78, 5) is 14.1. The number of hydrogen-bond acceptors (Lipinski definition) is 3. The number of esters is 1. The Kier molecular flexibility index (Phi) is 5.98. The lowest BCUT2D eigenvalue weighted by molar-refractivity contribution is -0.927. The molecule has 0 aromatic heterocycles. The summed E-state index contributed by atoms with van der Waals surface area (Å²) in [7, 11) is 2.06. The smallest absolute Gasteiger partial charge is 0.347 e. The Morgan fingerprint density at radius 2 is 1.40 bits per heavy atom. The highest BCUT2D eigenvalue weighted by Crippen LogP contribution is 2.30. The second-order valence-corrected chi connectivity index (χ2v) is 7.36. The van der Waals surface area contributed by atoms with Crippen molar-refractivity contribution < 1.29 is 19.5 Å². The number of rotatable bonds is 6. The highest BCUT2D eigenvalue weighted by Gasteiger charge is 2.41. The lowest BCUT2D eigenvalue weighted by Gasteiger charge is -2.30. The Labute approximate surface area is 150 Å². The lowest BCUT2D eigenvalue weighted by atomic mass is 9.86. The van der Waals surface area contributed by atoms with Crippen LogP contribution in [0.15, 0.2) is 60.7 Å². The molecule has 0 aliphatic heterocycles. The SMILES string of the molecule is C[NH+](CCOC(=O)C(O)(c1ccccc1)c1ccccc1)C(C)(C)C. The molecule has 0 amide bonds. The average Bonchev–Trinajstić information content (AvgIpc) is 2.61. The number of benzene rings is 2. The zero-order chi connectivity index (χ0) is 18.5. The standard InChI is InChI=1S/C21H27NO3/c1-20(2,3)22(4)15-16-25-19(23)21(24,17-11-7-5-8-12-17)18-13-9-6-10-14-18/h5-14,24H,15-16H2,1-4H3/p+1. The van der Waals surface area contributed by atoms with Gasteiger partial charge in [0.1, 0.15) is 13.2 Å². The van der Waals surface area contributed by atoms with Gasteiger partial charge >= 0.3 is 5.97 Å². The summed E-state index contributed by atoms with van der Waals surface area (Å²) in [5.74, 6) is -0.647. The number of likely N-dealkylation sites (N-methyl/N-ethyl adjacent to an activating group) is 1. The van der Waals surface area contributed by atoms with Gasteiger partial charge in [0.05, 0.1) is 12.6 Å². The second-order valence-electron chi connectivity index (χ2n) is 7.36. The van der Waals surface area contributed by atoms with E-state index in [1.165, 1.54) is 4.90 Å². The van der Waals surface area contributed by atoms with Crippen molar-refractivity contribution in [3.63, 3.8) is 0 Å². The molecule has 2 aromatic carbocycles. The Hall–Kier alpha value is -2.17. The molecule has 0 radical (unpaired) electrons. The lowest BCUT2D eigenvalue weighted by Crippen LogP contribution is -3.16. The van der Waals surface area contributed by atoms with E-state index in [1.54, 1.807) is 48.5 Å². The van der Waals surface area contributed by atoms with Crippen LogP contribution in [0.2, 0.25) is 0 Å². The molecular formula is C21H28NO3+. The maximum Gasteiger partial charge on any atom is 0.347 e. The molecule has 1 unspecified atom stereocenters. The van der Waals surface area contributed by atoms with Crippen LogP contribution in [-0.4, -0.2) is 36.8 Å². The van der Waals surface area contributed by atoms with Crippen LogP contribution in [0.3, 0.4) is 0 Å². The number of ether oxygens (including phenoxy) is 1. The highest BCUT2D eigenvalue weighted by atomic mass is 16.5. The van der Waals surface area contributed by atoms with E-state index < -0.39 is 11.6 Å². The maximum absolute atomic E-state index is 12.8. The average molecular weight is 342 g/mol. The van der Waals surface area contributed by atoms with Gasteiger partial charge in [0, 0.05) is 0 Å². The third-order valence-electron chi connectivity index (χ3n) is 4.67. The van der Waals surface area contributed by atoms with E-state index in [-0.39, 0.29) is 12.1 Å². The fraction of sp³-hybridized carbons (Fsp3) is 0.381. The van der Waals surface area contributed by atoms with E-state index in [1.807, 2.05) is 12.1 Å². The molecule has 0 spiro atoms. The molecule has 0 saturated carbocycles. The van der Waals surface area contributed by atoms with Gasteiger partial charge in [0.15, 0.2) is 0 Å². The van der Waals surface area contributed by atoms with Gasteiger partial charge < -0.3 is 14.7 Å². The summed E-state index contributed by atoms with van der Waals surface area (Å²) >= 11 is 0. The zero-order valence-electron chi connectivity index (χ0n) is 15.5. The van der Waals surface area contributed by atoms with Crippen molar-refractivity contribution in [2.24, 2.45) is 0 Å². The summed E-state index contributed by atoms with van der Waals surface area (Å²) in [5, 5.41) is 11.3. The van der Waals surface area contributed by atoms with Crippen LogP contribution in [0.5, 0.6) is 0 Å². The molecule has 2 N–H and O–H groups in total. The number of aliphatic hydroxyl groups is 1. The topological polar surface area (TPSA) is 51.0 Å². The quantitative estimate of drug-likeness (QED) is 0.787. The van der Waals surface area contributed by atoms with Crippen LogP contribution in [0.25, 0.3) is 0 Å². The van der Waals surface area contributed by atoms with Crippen LogP contribution in [0, 0.1) is 0 Å². The van der Waals surface area contributed by atoms with E-state index in [2.05, 4.69) is 27.8 Å². The summed E-state index contributed by atoms with van der Waals surface area (Å²) in [6.07, 6.45) is 0. The van der Waals surface area contributed by atoms with E-state index in [0.717, 1.165) is 0 Å². The van der Waals surface area contributed by atoms with Gasteiger partial charge in [0.2, 0.25) is 5.60 Å². The van der Waals surface area contributed by atoms with E-state index >= 15 is 0 Å². The fourth-order valence-corrected chi connectivity index (χ4v) is 2.54. The summed E-state index contributed by atoms with van der Waals surface area (Å²) in [6, 6.07) is 17.8. The summed E-state index contributed by atoms with van der Waals surface area (Å²) in [6.45, 7) is 7.33. The van der Waals surface area contributed by atoms with Gasteiger partial charge in [0.25, 0.3) is 0 Å². The molecule has 0 heterocycles. The molecule has 25 heavy (non-hydrogen) atoms. The minimum Gasteiger partial charge on any atom is -0.457 e. The zero-order valence-corrected chi connectivity index (χ0v) is 15.5. The largest absolute Gasteiger partial charge is 0.457 e. The highest BCUT2D eigenvalue weighted by molar-refractivity contribution is 5.85. The molecule has 4 nitrogen and oxygen atoms in total. The maximum atomic E-state index is 12.8. The first-order chi connectivity index (χ1) is 11.8. The molecule has 4 heteroatoms. The molecule has 1 atom stereocenters. The third kappa shape index (κ3) is 4.47. The summed E-state index contributed by atoms with van der Waals surface area (Å²) < 4.78 is 5.47. The van der Waals surface area contributed by atoms with Gasteiger partial charge in [-0.25, -0.2) is 4.79 Å². The number of nitrogens with one attached hydrogen (secondary N) is 1. The molecule has 0 saturated heterocycles. The number of carbonyl (C=O) groups is 1. The van der Waals surface area contributed by atoms with E-state index in [0.29, 0.717) is 17.7 Å². The molecule has 2 aromatic rings. The Balaban J connectivity index is 2.21. The second kappa shape index (κ2) is 7.81. The van der Waals surface area contributed by atoms with Crippen LogP contribution < -0.4 is 4.90 Å². The van der Waals surface area contributed by atoms with Gasteiger partial charge in [-0.2, -0.15) is 0 Å². The molecule has 0 bridgehead atoms. The van der Waals surface area contributed by atoms with Crippen molar-refractivity contribution in [2.45, 2.75) is 31.9 Å². The van der Waals surface area contributed by atoms with Crippen molar-refractivity contribution in [3.05, 3.63) is 71.8 Å². The van der Waals surface area contributed by atoms with Crippen molar-refractivity contribution in [1.82, 2.24) is 0 Å².